The average Bonchev–Trinajstić information content (AvgIpc) is 3.80. The van der Waals surface area contributed by atoms with E-state index in [2.05, 4.69) is 25.7 Å². The molecule has 2 atom stereocenters. The maximum atomic E-state index is 13.8. The Labute approximate surface area is 251 Å². The first-order chi connectivity index (χ1) is 20.7. The Hall–Kier alpha value is -3.61. The molecule has 0 unspecified atom stereocenters. The Kier molecular flexibility index (Phi) is 8.34. The van der Waals surface area contributed by atoms with Crippen LogP contribution in [0.1, 0.15) is 91.1 Å². The topological polar surface area (TPSA) is 151 Å². The molecule has 12 heteroatoms. The first-order valence-corrected chi connectivity index (χ1v) is 16.5. The van der Waals surface area contributed by atoms with Crippen molar-refractivity contribution in [1.82, 2.24) is 30.6 Å². The van der Waals surface area contributed by atoms with Crippen LogP contribution in [0, 0.1) is 5.92 Å². The van der Waals surface area contributed by atoms with Crippen molar-refractivity contribution in [1.29, 1.82) is 0 Å². The Balaban J connectivity index is 1.42. The van der Waals surface area contributed by atoms with Crippen LogP contribution in [-0.4, -0.2) is 56.1 Å². The molecule has 2 fully saturated rings. The summed E-state index contributed by atoms with van der Waals surface area (Å²) < 4.78 is 35.7. The van der Waals surface area contributed by atoms with Gasteiger partial charge in [-0.05, 0) is 73.4 Å². The van der Waals surface area contributed by atoms with E-state index in [1.54, 1.807) is 30.6 Å². The quantitative estimate of drug-likeness (QED) is 0.289. The molecule has 3 aliphatic rings. The second kappa shape index (κ2) is 12.2. The lowest BCUT2D eigenvalue weighted by atomic mass is 9.98. The van der Waals surface area contributed by atoms with E-state index < -0.39 is 22.1 Å². The van der Waals surface area contributed by atoms with Crippen molar-refractivity contribution in [2.24, 2.45) is 5.92 Å². The maximum absolute atomic E-state index is 13.8. The number of carbonyl (C=O) groups is 2. The highest BCUT2D eigenvalue weighted by atomic mass is 32.2. The average molecular weight is 607 g/mol. The number of aromatic nitrogens is 2. The molecule has 228 valence electrons. The first-order valence-electron chi connectivity index (χ1n) is 15.0. The number of rotatable bonds is 9. The number of pyridine rings is 2. The third-order valence-electron chi connectivity index (χ3n) is 8.33. The van der Waals surface area contributed by atoms with Crippen LogP contribution in [0.2, 0.25) is 0 Å². The molecule has 6 rings (SSSR count). The molecule has 3 amide bonds. The molecule has 3 aromatic rings. The van der Waals surface area contributed by atoms with Crippen molar-refractivity contribution >= 4 is 32.7 Å². The highest BCUT2D eigenvalue weighted by molar-refractivity contribution is 7.89. The van der Waals surface area contributed by atoms with Crippen molar-refractivity contribution in [2.45, 2.75) is 74.9 Å². The van der Waals surface area contributed by atoms with Crippen LogP contribution in [-0.2, 0) is 14.8 Å². The van der Waals surface area contributed by atoms with Crippen LogP contribution >= 0.6 is 0 Å². The molecule has 0 radical (unpaired) electrons. The molecular weight excluding hydrogens is 568 g/mol. The van der Waals surface area contributed by atoms with Gasteiger partial charge in [-0.25, -0.2) is 17.9 Å². The second-order valence-electron chi connectivity index (χ2n) is 12.1. The Morgan fingerprint density at radius 2 is 1.79 bits per heavy atom. The van der Waals surface area contributed by atoms with Crippen molar-refractivity contribution in [3.05, 3.63) is 65.2 Å². The number of benzene rings is 1. The molecular formula is C31H38N6O5S. The van der Waals surface area contributed by atoms with Gasteiger partial charge >= 0.3 is 6.03 Å². The van der Waals surface area contributed by atoms with E-state index >= 15 is 0 Å². The summed E-state index contributed by atoms with van der Waals surface area (Å²) in [5.74, 6) is 0.108. The minimum absolute atomic E-state index is 0.00904. The van der Waals surface area contributed by atoms with Gasteiger partial charge in [0.15, 0.2) is 0 Å². The normalized spacial score (nSPS) is 20.6. The number of sulfonamides is 1. The zero-order chi connectivity index (χ0) is 30.1. The predicted octanol–water partition coefficient (Wildman–Crippen LogP) is 3.84. The first kappa shape index (κ1) is 29.5. The number of nitrogens with one attached hydrogen (secondary N) is 4. The number of amides is 3. The third-order valence-corrected chi connectivity index (χ3v) is 9.79. The highest BCUT2D eigenvalue weighted by Crippen LogP contribution is 2.46. The summed E-state index contributed by atoms with van der Waals surface area (Å²) in [7, 11) is -3.90. The highest BCUT2D eigenvalue weighted by Gasteiger charge is 2.38. The number of ether oxygens (including phenoxy) is 1. The lowest BCUT2D eigenvalue weighted by Crippen LogP contribution is -2.45. The van der Waals surface area contributed by atoms with Crippen LogP contribution in [0.5, 0.6) is 0 Å². The summed E-state index contributed by atoms with van der Waals surface area (Å²) >= 11 is 0. The van der Waals surface area contributed by atoms with E-state index in [0.717, 1.165) is 36.9 Å². The van der Waals surface area contributed by atoms with E-state index in [4.69, 9.17) is 9.72 Å². The van der Waals surface area contributed by atoms with Gasteiger partial charge in [-0.3, -0.25) is 14.8 Å². The molecule has 0 bridgehead atoms. The van der Waals surface area contributed by atoms with Gasteiger partial charge in [0.2, 0.25) is 10.0 Å². The molecule has 1 aromatic carbocycles. The van der Waals surface area contributed by atoms with E-state index in [-0.39, 0.29) is 28.8 Å². The van der Waals surface area contributed by atoms with E-state index in [0.29, 0.717) is 54.0 Å². The summed E-state index contributed by atoms with van der Waals surface area (Å²) in [6.45, 7) is 5.39. The molecule has 4 N–H and O–H groups in total. The lowest BCUT2D eigenvalue weighted by molar-refractivity contribution is 0.0799. The van der Waals surface area contributed by atoms with Gasteiger partial charge in [-0.15, -0.1) is 0 Å². The largest absolute Gasteiger partial charge is 0.381 e. The van der Waals surface area contributed by atoms with E-state index in [9.17, 15) is 18.0 Å². The van der Waals surface area contributed by atoms with Crippen LogP contribution in [0.4, 0.5) is 4.79 Å². The number of nitrogens with zero attached hydrogens (tertiary/aromatic N) is 2. The predicted molar refractivity (Wildman–Crippen MR) is 161 cm³/mol. The van der Waals surface area contributed by atoms with Crippen LogP contribution in [0.15, 0.2) is 47.8 Å². The van der Waals surface area contributed by atoms with Gasteiger partial charge in [-0.1, -0.05) is 13.8 Å². The lowest BCUT2D eigenvalue weighted by Gasteiger charge is -2.25. The Morgan fingerprint density at radius 1 is 1.00 bits per heavy atom. The number of carbonyl (C=O) groups excluding carboxylic acids is 2. The molecule has 0 spiro atoms. The van der Waals surface area contributed by atoms with Gasteiger partial charge in [0.1, 0.15) is 0 Å². The van der Waals surface area contributed by atoms with Gasteiger partial charge in [0.05, 0.1) is 22.5 Å². The number of hydrogen-bond donors (Lipinski definition) is 4. The van der Waals surface area contributed by atoms with Crippen molar-refractivity contribution in [2.75, 3.05) is 19.8 Å². The number of hydrogen-bond acceptors (Lipinski definition) is 7. The SMILES string of the molecule is CC(C)CNS(=O)(=O)c1cc2c(c3cnc(C4CC4)cc13)[C@@H](NC(=O)NC1CCOCC1)C[C@@H]2NC(=O)c1cccnc1. The zero-order valence-corrected chi connectivity index (χ0v) is 25.2. The molecule has 2 aromatic heterocycles. The number of urea groups is 1. The minimum Gasteiger partial charge on any atom is -0.381 e. The standard InChI is InChI=1S/C31H38N6O5S/c1-18(2)15-34-43(40,41)28-13-23-26(36-30(38)20-4-3-9-32-16-20)14-27(37-31(39)35-21-7-10-42-11-8-21)29(23)24-17-33-25(12-22(24)28)19-5-6-19/h3-4,9,12-13,16-19,21,26-27,34H,5-8,10-11,14-15H2,1-2H3,(H,36,38)(H2,35,37,39)/t26-,27-/m0/s1. The van der Waals surface area contributed by atoms with Gasteiger partial charge in [0, 0.05) is 66.8 Å². The van der Waals surface area contributed by atoms with Gasteiger partial charge < -0.3 is 20.7 Å². The van der Waals surface area contributed by atoms with Crippen molar-refractivity contribution in [3.8, 4) is 0 Å². The summed E-state index contributed by atoms with van der Waals surface area (Å²) in [4.78, 5) is 35.4. The third kappa shape index (κ3) is 6.51. The fourth-order valence-electron chi connectivity index (χ4n) is 5.91. The van der Waals surface area contributed by atoms with Gasteiger partial charge in [-0.2, -0.15) is 0 Å². The molecule has 1 saturated carbocycles. The second-order valence-corrected chi connectivity index (χ2v) is 13.8. The van der Waals surface area contributed by atoms with Crippen molar-refractivity contribution < 1.29 is 22.7 Å². The van der Waals surface area contributed by atoms with Crippen molar-refractivity contribution in [3.63, 3.8) is 0 Å². The number of fused-ring (bicyclic) bond motifs is 3. The van der Waals surface area contributed by atoms with Crippen LogP contribution in [0.3, 0.4) is 0 Å². The smallest absolute Gasteiger partial charge is 0.315 e. The molecule has 43 heavy (non-hydrogen) atoms. The Morgan fingerprint density at radius 3 is 2.49 bits per heavy atom. The summed E-state index contributed by atoms with van der Waals surface area (Å²) in [5.41, 5.74) is 2.67. The molecule has 3 heterocycles. The molecule has 2 aliphatic carbocycles. The minimum atomic E-state index is -3.90. The summed E-state index contributed by atoms with van der Waals surface area (Å²) in [6, 6.07) is 5.58. The molecule has 1 saturated heterocycles. The fourth-order valence-corrected chi connectivity index (χ4v) is 7.36. The fraction of sp³-hybridized carbons (Fsp3) is 0.484. The molecule has 1 aliphatic heterocycles. The zero-order valence-electron chi connectivity index (χ0n) is 24.4. The summed E-state index contributed by atoms with van der Waals surface area (Å²) in [6.07, 6.45) is 8.68. The van der Waals surface area contributed by atoms with E-state index in [1.807, 2.05) is 19.9 Å². The van der Waals surface area contributed by atoms with Gasteiger partial charge in [0.25, 0.3) is 5.91 Å². The monoisotopic (exact) mass is 606 g/mol. The van der Waals surface area contributed by atoms with Crippen LogP contribution in [0.25, 0.3) is 10.8 Å². The maximum Gasteiger partial charge on any atom is 0.315 e. The molecule has 11 nitrogen and oxygen atoms in total. The Bertz CT molecular complexity index is 1620. The van der Waals surface area contributed by atoms with Crippen LogP contribution < -0.4 is 20.7 Å². The summed E-state index contributed by atoms with van der Waals surface area (Å²) in [5, 5.41) is 10.5. The van der Waals surface area contributed by atoms with E-state index in [1.165, 1.54) is 6.20 Å².